The first-order valence-electron chi connectivity index (χ1n) is 8.06. The highest BCUT2D eigenvalue weighted by Gasteiger charge is 2.22. The molecule has 114 valence electrons. The van der Waals surface area contributed by atoms with Crippen LogP contribution in [-0.4, -0.2) is 33.4 Å². The van der Waals surface area contributed by atoms with Gasteiger partial charge in [-0.05, 0) is 57.2 Å². The van der Waals surface area contributed by atoms with Crippen molar-refractivity contribution >= 4 is 5.65 Å². The summed E-state index contributed by atoms with van der Waals surface area (Å²) < 4.78 is 2.11. The van der Waals surface area contributed by atoms with Crippen molar-refractivity contribution in [3.8, 4) is 0 Å². The molecule has 1 aliphatic heterocycles. The molecule has 21 heavy (non-hydrogen) atoms. The molecular weight excluding hydrogens is 260 g/mol. The first-order valence-corrected chi connectivity index (χ1v) is 8.06. The van der Waals surface area contributed by atoms with Crippen molar-refractivity contribution < 1.29 is 0 Å². The highest BCUT2D eigenvalue weighted by atomic mass is 15.2. The molecule has 1 atom stereocenters. The van der Waals surface area contributed by atoms with E-state index in [4.69, 9.17) is 10.7 Å². The van der Waals surface area contributed by atoms with E-state index >= 15 is 0 Å². The van der Waals surface area contributed by atoms with Gasteiger partial charge in [-0.25, -0.2) is 4.98 Å². The summed E-state index contributed by atoms with van der Waals surface area (Å²) in [4.78, 5) is 7.35. The lowest BCUT2D eigenvalue weighted by Crippen LogP contribution is -2.40. The van der Waals surface area contributed by atoms with Crippen LogP contribution >= 0.6 is 0 Å². The fourth-order valence-corrected chi connectivity index (χ4v) is 3.34. The van der Waals surface area contributed by atoms with Gasteiger partial charge in [-0.3, -0.25) is 0 Å². The third kappa shape index (κ3) is 3.27. The van der Waals surface area contributed by atoms with Crippen molar-refractivity contribution in [3.05, 3.63) is 35.8 Å². The van der Waals surface area contributed by atoms with Crippen LogP contribution in [-0.2, 0) is 13.0 Å². The molecule has 0 bridgehead atoms. The molecule has 0 saturated carbocycles. The Kier molecular flexibility index (Phi) is 4.27. The highest BCUT2D eigenvalue weighted by molar-refractivity contribution is 5.41. The summed E-state index contributed by atoms with van der Waals surface area (Å²) in [5, 5.41) is 0. The Balaban J connectivity index is 1.72. The number of hydrogen-bond donors (Lipinski definition) is 1. The minimum Gasteiger partial charge on any atom is -0.326 e. The van der Waals surface area contributed by atoms with Crippen LogP contribution in [0.3, 0.4) is 0 Å². The number of piperidine rings is 1. The van der Waals surface area contributed by atoms with Gasteiger partial charge in [0.1, 0.15) is 5.65 Å². The molecule has 0 radical (unpaired) electrons. The predicted octanol–water partition coefficient (Wildman–Crippen LogP) is 2.46. The summed E-state index contributed by atoms with van der Waals surface area (Å²) in [5.41, 5.74) is 9.08. The number of rotatable bonds is 4. The zero-order valence-corrected chi connectivity index (χ0v) is 13.1. The molecule has 4 nitrogen and oxygen atoms in total. The molecule has 0 spiro atoms. The van der Waals surface area contributed by atoms with Crippen molar-refractivity contribution in [2.45, 2.75) is 45.7 Å². The molecule has 3 rings (SSSR count). The quantitative estimate of drug-likeness (QED) is 0.939. The molecule has 1 saturated heterocycles. The fourth-order valence-electron chi connectivity index (χ4n) is 3.34. The van der Waals surface area contributed by atoms with Crippen molar-refractivity contribution in [1.29, 1.82) is 0 Å². The van der Waals surface area contributed by atoms with Gasteiger partial charge in [-0.2, -0.15) is 0 Å². The average molecular weight is 286 g/mol. The van der Waals surface area contributed by atoms with Crippen LogP contribution in [0.25, 0.3) is 5.65 Å². The number of hydrogen-bond acceptors (Lipinski definition) is 3. The second-order valence-corrected chi connectivity index (χ2v) is 6.54. The predicted molar refractivity (Wildman–Crippen MR) is 86.2 cm³/mol. The maximum Gasteiger partial charge on any atom is 0.136 e. The van der Waals surface area contributed by atoms with E-state index in [1.807, 2.05) is 0 Å². The zero-order chi connectivity index (χ0) is 14.8. The normalized spacial score (nSPS) is 20.5. The first-order chi connectivity index (χ1) is 10.2. The first kappa shape index (κ1) is 14.5. The summed E-state index contributed by atoms with van der Waals surface area (Å²) in [6.45, 7) is 7.62. The van der Waals surface area contributed by atoms with Crippen LogP contribution < -0.4 is 5.73 Å². The van der Waals surface area contributed by atoms with Gasteiger partial charge in [0.15, 0.2) is 0 Å². The minimum atomic E-state index is 0.579. The van der Waals surface area contributed by atoms with Crippen molar-refractivity contribution in [2.24, 2.45) is 11.7 Å². The number of aromatic nitrogens is 2. The zero-order valence-electron chi connectivity index (χ0n) is 13.1. The molecule has 3 heterocycles. The molecule has 0 aromatic carbocycles. The van der Waals surface area contributed by atoms with E-state index < -0.39 is 0 Å². The Morgan fingerprint density at radius 2 is 2.19 bits per heavy atom. The lowest BCUT2D eigenvalue weighted by Gasteiger charge is -2.35. The van der Waals surface area contributed by atoms with Crippen LogP contribution in [0.4, 0.5) is 0 Å². The Hall–Kier alpha value is -1.39. The van der Waals surface area contributed by atoms with E-state index in [9.17, 15) is 0 Å². The number of nitrogens with zero attached hydrogens (tertiary/aromatic N) is 3. The van der Waals surface area contributed by atoms with Gasteiger partial charge < -0.3 is 15.0 Å². The largest absolute Gasteiger partial charge is 0.326 e. The van der Waals surface area contributed by atoms with E-state index in [1.165, 1.54) is 31.6 Å². The molecule has 1 aliphatic rings. The summed E-state index contributed by atoms with van der Waals surface area (Å²) in [5.74, 6) is 0.736. The molecule has 0 amide bonds. The second-order valence-electron chi connectivity index (χ2n) is 6.54. The van der Waals surface area contributed by atoms with E-state index in [1.54, 1.807) is 0 Å². The molecular formula is C17H26N4. The summed E-state index contributed by atoms with van der Waals surface area (Å²) in [7, 11) is 0. The molecule has 2 aromatic heterocycles. The number of imidazole rings is 1. The lowest BCUT2D eigenvalue weighted by atomic mass is 9.93. The summed E-state index contributed by atoms with van der Waals surface area (Å²) in [6.07, 6.45) is 7.98. The summed E-state index contributed by atoms with van der Waals surface area (Å²) >= 11 is 0. The SMILES string of the molecule is CC(C)N1CCCC(Cc2cn3cc(CN)ccc3n2)C1. The van der Waals surface area contributed by atoms with Crippen LogP contribution in [0.15, 0.2) is 24.5 Å². The number of pyridine rings is 1. The molecule has 4 heteroatoms. The monoisotopic (exact) mass is 286 g/mol. The Bertz CT molecular complexity index is 602. The second kappa shape index (κ2) is 6.16. The Morgan fingerprint density at radius 1 is 1.33 bits per heavy atom. The third-order valence-corrected chi connectivity index (χ3v) is 4.58. The average Bonchev–Trinajstić information content (AvgIpc) is 2.88. The van der Waals surface area contributed by atoms with Gasteiger partial charge in [-0.1, -0.05) is 6.07 Å². The van der Waals surface area contributed by atoms with Crippen molar-refractivity contribution in [2.75, 3.05) is 13.1 Å². The van der Waals surface area contributed by atoms with Gasteiger partial charge >= 0.3 is 0 Å². The van der Waals surface area contributed by atoms with Crippen molar-refractivity contribution in [1.82, 2.24) is 14.3 Å². The molecule has 2 N–H and O–H groups in total. The van der Waals surface area contributed by atoms with E-state index in [-0.39, 0.29) is 0 Å². The van der Waals surface area contributed by atoms with Crippen LogP contribution in [0.1, 0.15) is 37.9 Å². The van der Waals surface area contributed by atoms with Crippen molar-refractivity contribution in [3.63, 3.8) is 0 Å². The van der Waals surface area contributed by atoms with E-state index in [0.717, 1.165) is 23.5 Å². The highest BCUT2D eigenvalue weighted by Crippen LogP contribution is 2.22. The smallest absolute Gasteiger partial charge is 0.136 e. The van der Waals surface area contributed by atoms with Crippen LogP contribution in [0.2, 0.25) is 0 Å². The molecule has 0 aliphatic carbocycles. The van der Waals surface area contributed by atoms with Gasteiger partial charge in [-0.15, -0.1) is 0 Å². The van der Waals surface area contributed by atoms with Gasteiger partial charge in [0.2, 0.25) is 0 Å². The Labute approximate surface area is 127 Å². The molecule has 1 unspecified atom stereocenters. The van der Waals surface area contributed by atoms with Crippen LogP contribution in [0.5, 0.6) is 0 Å². The number of nitrogens with two attached hydrogens (primary N) is 1. The topological polar surface area (TPSA) is 46.6 Å². The maximum absolute atomic E-state index is 5.70. The number of likely N-dealkylation sites (tertiary alicyclic amines) is 1. The number of fused-ring (bicyclic) bond motifs is 1. The van der Waals surface area contributed by atoms with Gasteiger partial charge in [0.05, 0.1) is 5.69 Å². The summed E-state index contributed by atoms with van der Waals surface area (Å²) in [6, 6.07) is 4.78. The van der Waals surface area contributed by atoms with E-state index in [2.05, 4.69) is 47.7 Å². The van der Waals surface area contributed by atoms with Gasteiger partial charge in [0, 0.05) is 31.5 Å². The molecule has 2 aromatic rings. The third-order valence-electron chi connectivity index (χ3n) is 4.58. The fraction of sp³-hybridized carbons (Fsp3) is 0.588. The molecule has 1 fully saturated rings. The minimum absolute atomic E-state index is 0.579. The maximum atomic E-state index is 5.70. The van der Waals surface area contributed by atoms with E-state index in [0.29, 0.717) is 12.6 Å². The Morgan fingerprint density at radius 3 is 2.95 bits per heavy atom. The van der Waals surface area contributed by atoms with Crippen LogP contribution in [0, 0.1) is 5.92 Å². The standard InChI is InChI=1S/C17H26N4/c1-13(2)20-7-3-4-14(10-20)8-16-12-21-11-15(9-18)5-6-17(21)19-16/h5-6,11-14H,3-4,7-10,18H2,1-2H3. The van der Waals surface area contributed by atoms with Gasteiger partial charge in [0.25, 0.3) is 0 Å². The lowest BCUT2D eigenvalue weighted by molar-refractivity contribution is 0.139.